The summed E-state index contributed by atoms with van der Waals surface area (Å²) in [7, 11) is 1.62. The van der Waals surface area contributed by atoms with Gasteiger partial charge in [-0.25, -0.2) is 4.68 Å². The van der Waals surface area contributed by atoms with Crippen LogP contribution in [0.4, 0.5) is 5.69 Å². The molecule has 0 radical (unpaired) electrons. The normalized spacial score (nSPS) is 10.5. The molecule has 0 bridgehead atoms. The number of nitro groups is 1. The van der Waals surface area contributed by atoms with E-state index in [0.717, 1.165) is 22.6 Å². The molecular weight excluding hydrogens is 296 g/mol. The number of rotatable bonds is 5. The third-order valence-electron chi connectivity index (χ3n) is 3.39. The molecule has 0 aliphatic rings. The standard InChI is InChI=1S/C16H14N4O3/c1-23-15-7-5-13(6-8-15)16-11-19(18-17-16)10-12-3-2-4-14(9-12)20(21)22/h2-9,11H,10H2,1H3. The second-order valence-corrected chi connectivity index (χ2v) is 4.96. The van der Waals surface area contributed by atoms with E-state index in [1.807, 2.05) is 30.3 Å². The predicted molar refractivity (Wildman–Crippen MR) is 84.2 cm³/mol. The van der Waals surface area contributed by atoms with E-state index in [9.17, 15) is 10.1 Å². The Balaban J connectivity index is 1.79. The number of nitro benzene ring substituents is 1. The molecule has 0 amide bonds. The van der Waals surface area contributed by atoms with E-state index in [4.69, 9.17) is 4.74 Å². The monoisotopic (exact) mass is 310 g/mol. The summed E-state index contributed by atoms with van der Waals surface area (Å²) in [5.41, 5.74) is 2.53. The Morgan fingerprint density at radius 3 is 2.70 bits per heavy atom. The number of nitrogens with zero attached hydrogens (tertiary/aromatic N) is 4. The molecule has 0 aliphatic carbocycles. The van der Waals surface area contributed by atoms with Crippen LogP contribution in [-0.4, -0.2) is 27.0 Å². The molecule has 0 fully saturated rings. The van der Waals surface area contributed by atoms with E-state index in [1.54, 1.807) is 24.1 Å². The Hall–Kier alpha value is -3.22. The van der Waals surface area contributed by atoms with Crippen LogP contribution in [0.5, 0.6) is 5.75 Å². The van der Waals surface area contributed by atoms with Gasteiger partial charge in [0.15, 0.2) is 0 Å². The minimum Gasteiger partial charge on any atom is -0.497 e. The van der Waals surface area contributed by atoms with Gasteiger partial charge in [0.05, 0.1) is 24.8 Å². The summed E-state index contributed by atoms with van der Waals surface area (Å²) in [6.07, 6.45) is 1.81. The van der Waals surface area contributed by atoms with Crippen molar-refractivity contribution in [1.29, 1.82) is 0 Å². The van der Waals surface area contributed by atoms with Crippen molar-refractivity contribution in [2.75, 3.05) is 7.11 Å². The molecular formula is C16H14N4O3. The summed E-state index contributed by atoms with van der Waals surface area (Å²) >= 11 is 0. The maximum Gasteiger partial charge on any atom is 0.269 e. The molecule has 1 heterocycles. The Kier molecular flexibility index (Phi) is 4.01. The topological polar surface area (TPSA) is 83.1 Å². The first-order valence-corrected chi connectivity index (χ1v) is 6.93. The van der Waals surface area contributed by atoms with E-state index in [-0.39, 0.29) is 5.69 Å². The van der Waals surface area contributed by atoms with E-state index in [0.29, 0.717) is 6.54 Å². The lowest BCUT2D eigenvalue weighted by atomic mass is 10.1. The van der Waals surface area contributed by atoms with Crippen molar-refractivity contribution >= 4 is 5.69 Å². The molecule has 0 N–H and O–H groups in total. The molecule has 2 aromatic carbocycles. The minimum atomic E-state index is -0.409. The molecule has 0 atom stereocenters. The van der Waals surface area contributed by atoms with Crippen molar-refractivity contribution in [1.82, 2.24) is 15.0 Å². The van der Waals surface area contributed by atoms with Crippen molar-refractivity contribution in [3.05, 3.63) is 70.4 Å². The average Bonchev–Trinajstić information content (AvgIpc) is 3.03. The predicted octanol–water partition coefficient (Wildman–Crippen LogP) is 2.91. The van der Waals surface area contributed by atoms with Crippen LogP contribution in [-0.2, 0) is 6.54 Å². The fourth-order valence-electron chi connectivity index (χ4n) is 2.23. The van der Waals surface area contributed by atoms with Gasteiger partial charge in [-0.1, -0.05) is 17.3 Å². The van der Waals surface area contributed by atoms with Crippen LogP contribution in [0.25, 0.3) is 11.3 Å². The lowest BCUT2D eigenvalue weighted by Crippen LogP contribution is -2.01. The molecule has 0 aliphatic heterocycles. The van der Waals surface area contributed by atoms with Crippen molar-refractivity contribution in [2.45, 2.75) is 6.54 Å². The zero-order valence-corrected chi connectivity index (χ0v) is 12.4. The maximum atomic E-state index is 10.8. The molecule has 0 saturated carbocycles. The van der Waals surface area contributed by atoms with Crippen LogP contribution in [0.2, 0.25) is 0 Å². The first-order chi connectivity index (χ1) is 11.2. The Morgan fingerprint density at radius 2 is 2.00 bits per heavy atom. The van der Waals surface area contributed by atoms with E-state index < -0.39 is 4.92 Å². The number of hydrogen-bond acceptors (Lipinski definition) is 5. The van der Waals surface area contributed by atoms with Crippen molar-refractivity contribution in [3.8, 4) is 17.0 Å². The zero-order valence-electron chi connectivity index (χ0n) is 12.4. The van der Waals surface area contributed by atoms with Gasteiger partial charge in [-0.15, -0.1) is 5.10 Å². The second kappa shape index (κ2) is 6.27. The van der Waals surface area contributed by atoms with Crippen molar-refractivity contribution in [3.63, 3.8) is 0 Å². The molecule has 0 unspecified atom stereocenters. The Morgan fingerprint density at radius 1 is 1.22 bits per heavy atom. The summed E-state index contributed by atoms with van der Waals surface area (Å²) in [6, 6.07) is 14.0. The van der Waals surface area contributed by atoms with Gasteiger partial charge in [0.2, 0.25) is 0 Å². The highest BCUT2D eigenvalue weighted by Crippen LogP contribution is 2.20. The third-order valence-corrected chi connectivity index (χ3v) is 3.39. The SMILES string of the molecule is COc1ccc(-c2cn(Cc3cccc([N+](=O)[O-])c3)nn2)cc1. The number of aromatic nitrogens is 3. The Labute approximate surface area is 132 Å². The van der Waals surface area contributed by atoms with Gasteiger partial charge in [0, 0.05) is 17.7 Å². The molecule has 1 aromatic heterocycles. The van der Waals surface area contributed by atoms with Gasteiger partial charge >= 0.3 is 0 Å². The fourth-order valence-corrected chi connectivity index (χ4v) is 2.23. The van der Waals surface area contributed by atoms with Crippen LogP contribution >= 0.6 is 0 Å². The quantitative estimate of drug-likeness (QED) is 0.534. The van der Waals surface area contributed by atoms with Crippen LogP contribution in [0, 0.1) is 10.1 Å². The fraction of sp³-hybridized carbons (Fsp3) is 0.125. The summed E-state index contributed by atoms with van der Waals surface area (Å²) in [5.74, 6) is 0.776. The second-order valence-electron chi connectivity index (χ2n) is 4.96. The smallest absolute Gasteiger partial charge is 0.269 e. The average molecular weight is 310 g/mol. The number of non-ortho nitro benzene ring substituents is 1. The third kappa shape index (κ3) is 3.34. The number of benzene rings is 2. The maximum absolute atomic E-state index is 10.8. The summed E-state index contributed by atoms with van der Waals surface area (Å²) in [5, 5.41) is 19.0. The highest BCUT2D eigenvalue weighted by Gasteiger charge is 2.08. The molecule has 7 nitrogen and oxygen atoms in total. The zero-order chi connectivity index (χ0) is 16.2. The Bertz CT molecular complexity index is 827. The number of ether oxygens (including phenoxy) is 1. The van der Waals surface area contributed by atoms with Crippen LogP contribution < -0.4 is 4.74 Å². The molecule has 0 saturated heterocycles. The molecule has 7 heteroatoms. The minimum absolute atomic E-state index is 0.0676. The lowest BCUT2D eigenvalue weighted by Gasteiger charge is -2.01. The first kappa shape index (κ1) is 14.7. The van der Waals surface area contributed by atoms with Gasteiger partial charge in [-0.2, -0.15) is 0 Å². The number of hydrogen-bond donors (Lipinski definition) is 0. The van der Waals surface area contributed by atoms with Gasteiger partial charge in [-0.3, -0.25) is 10.1 Å². The van der Waals surface area contributed by atoms with E-state index >= 15 is 0 Å². The van der Waals surface area contributed by atoms with Gasteiger partial charge in [-0.05, 0) is 29.8 Å². The highest BCUT2D eigenvalue weighted by atomic mass is 16.6. The molecule has 3 aromatic rings. The first-order valence-electron chi connectivity index (χ1n) is 6.93. The lowest BCUT2D eigenvalue weighted by molar-refractivity contribution is -0.384. The van der Waals surface area contributed by atoms with Gasteiger partial charge in [0.25, 0.3) is 5.69 Å². The van der Waals surface area contributed by atoms with Crippen molar-refractivity contribution in [2.24, 2.45) is 0 Å². The highest BCUT2D eigenvalue weighted by molar-refractivity contribution is 5.58. The van der Waals surface area contributed by atoms with Crippen molar-refractivity contribution < 1.29 is 9.66 Å². The summed E-state index contributed by atoms with van der Waals surface area (Å²) in [6.45, 7) is 0.421. The molecule has 116 valence electrons. The van der Waals surface area contributed by atoms with E-state index in [1.165, 1.54) is 12.1 Å². The van der Waals surface area contributed by atoms with Crippen LogP contribution in [0.3, 0.4) is 0 Å². The largest absolute Gasteiger partial charge is 0.497 e. The van der Waals surface area contributed by atoms with Gasteiger partial charge < -0.3 is 4.74 Å². The van der Waals surface area contributed by atoms with Crippen LogP contribution in [0.15, 0.2) is 54.7 Å². The van der Waals surface area contributed by atoms with Crippen LogP contribution in [0.1, 0.15) is 5.56 Å². The molecule has 0 spiro atoms. The summed E-state index contributed by atoms with van der Waals surface area (Å²) < 4.78 is 6.77. The van der Waals surface area contributed by atoms with Gasteiger partial charge in [0.1, 0.15) is 11.4 Å². The summed E-state index contributed by atoms with van der Waals surface area (Å²) in [4.78, 5) is 10.4. The van der Waals surface area contributed by atoms with E-state index in [2.05, 4.69) is 10.3 Å². The number of methoxy groups -OCH3 is 1. The molecule has 3 rings (SSSR count). The molecule has 23 heavy (non-hydrogen) atoms.